The smallest absolute Gasteiger partial charge is 0.251 e. The first-order valence-electron chi connectivity index (χ1n) is 7.91. The minimum atomic E-state index is -0.0587. The Morgan fingerprint density at radius 1 is 1.26 bits per heavy atom. The third-order valence-electron chi connectivity index (χ3n) is 3.99. The number of rotatable bonds is 4. The van der Waals surface area contributed by atoms with Crippen molar-refractivity contribution in [3.8, 4) is 0 Å². The number of halogens is 1. The third-order valence-corrected chi connectivity index (χ3v) is 4.52. The van der Waals surface area contributed by atoms with E-state index in [0.29, 0.717) is 24.1 Å². The van der Waals surface area contributed by atoms with Crippen LogP contribution in [0.15, 0.2) is 33.7 Å². The van der Waals surface area contributed by atoms with E-state index in [9.17, 15) is 4.79 Å². The molecule has 0 spiro atoms. The van der Waals surface area contributed by atoms with Crippen molar-refractivity contribution < 1.29 is 4.79 Å². The van der Waals surface area contributed by atoms with Crippen molar-refractivity contribution in [1.29, 1.82) is 0 Å². The Labute approximate surface area is 146 Å². The fraction of sp³-hybridized carbons (Fsp3) is 0.529. The van der Waals surface area contributed by atoms with Crippen LogP contribution < -0.4 is 10.6 Å². The molecule has 1 aromatic rings. The molecular formula is C17H25BrN4O. The number of nitrogens with one attached hydrogen (secondary N) is 2. The molecule has 0 atom stereocenters. The van der Waals surface area contributed by atoms with Crippen molar-refractivity contribution in [3.63, 3.8) is 0 Å². The number of amides is 1. The Morgan fingerprint density at radius 2 is 1.91 bits per heavy atom. The first-order chi connectivity index (χ1) is 10.9. The molecular weight excluding hydrogens is 356 g/mol. The van der Waals surface area contributed by atoms with Crippen LogP contribution in [0.5, 0.6) is 0 Å². The van der Waals surface area contributed by atoms with Gasteiger partial charge < -0.3 is 15.5 Å². The van der Waals surface area contributed by atoms with Crippen LogP contribution in [-0.2, 0) is 0 Å². The van der Waals surface area contributed by atoms with Gasteiger partial charge in [-0.2, -0.15) is 0 Å². The summed E-state index contributed by atoms with van der Waals surface area (Å²) in [5.74, 6) is 0.852. The lowest BCUT2D eigenvalue weighted by molar-refractivity contribution is 0.0954. The zero-order valence-corrected chi connectivity index (χ0v) is 15.6. The molecule has 2 rings (SSSR count). The molecule has 0 bridgehead atoms. The number of carbonyl (C=O) groups is 1. The van der Waals surface area contributed by atoms with Crippen molar-refractivity contribution in [2.75, 3.05) is 33.2 Å². The van der Waals surface area contributed by atoms with Gasteiger partial charge >= 0.3 is 0 Å². The second-order valence-electron chi connectivity index (χ2n) is 6.57. The summed E-state index contributed by atoms with van der Waals surface area (Å²) < 4.78 is 0.966. The Kier molecular flexibility index (Phi) is 6.04. The second kappa shape index (κ2) is 7.81. The Balaban J connectivity index is 1.74. The van der Waals surface area contributed by atoms with Crippen LogP contribution in [0.4, 0.5) is 0 Å². The maximum Gasteiger partial charge on any atom is 0.251 e. The van der Waals surface area contributed by atoms with Crippen LogP contribution in [-0.4, -0.2) is 50.0 Å². The summed E-state index contributed by atoms with van der Waals surface area (Å²) in [5, 5.41) is 6.23. The van der Waals surface area contributed by atoms with Gasteiger partial charge in [0.1, 0.15) is 0 Å². The topological polar surface area (TPSA) is 56.7 Å². The predicted octanol–water partition coefficient (Wildman–Crippen LogP) is 2.49. The first kappa shape index (κ1) is 17.8. The molecule has 23 heavy (non-hydrogen) atoms. The highest BCUT2D eigenvalue weighted by Gasteiger charge is 2.30. The van der Waals surface area contributed by atoms with E-state index in [1.165, 1.54) is 6.42 Å². The molecule has 1 aliphatic rings. The molecule has 0 saturated carbocycles. The van der Waals surface area contributed by atoms with Gasteiger partial charge in [0, 0.05) is 43.3 Å². The summed E-state index contributed by atoms with van der Waals surface area (Å²) in [6, 6.07) is 7.34. The van der Waals surface area contributed by atoms with E-state index in [4.69, 9.17) is 0 Å². The lowest BCUT2D eigenvalue weighted by Crippen LogP contribution is -2.43. The average Bonchev–Trinajstić information content (AvgIpc) is 2.87. The van der Waals surface area contributed by atoms with Gasteiger partial charge in [-0.05, 0) is 36.1 Å². The zero-order chi connectivity index (χ0) is 16.9. The quantitative estimate of drug-likeness (QED) is 0.479. The lowest BCUT2D eigenvalue weighted by Gasteiger charge is -2.23. The highest BCUT2D eigenvalue weighted by atomic mass is 79.9. The molecule has 126 valence electrons. The van der Waals surface area contributed by atoms with Gasteiger partial charge in [-0.3, -0.25) is 9.79 Å². The molecule has 5 nitrogen and oxygen atoms in total. The molecule has 1 aliphatic heterocycles. The minimum Gasteiger partial charge on any atom is -0.354 e. The van der Waals surface area contributed by atoms with E-state index < -0.39 is 0 Å². The summed E-state index contributed by atoms with van der Waals surface area (Å²) in [5.41, 5.74) is 1.01. The number of hydrogen-bond donors (Lipinski definition) is 2. The van der Waals surface area contributed by atoms with Crippen molar-refractivity contribution in [3.05, 3.63) is 34.3 Å². The number of guanidine groups is 1. The number of benzene rings is 1. The lowest BCUT2D eigenvalue weighted by atomic mass is 9.93. The standard InChI is InChI=1S/C17H25BrN4O/c1-17(2)8-11-22(12-17)16(19-3)21-10-9-20-15(23)13-4-6-14(18)7-5-13/h4-7H,8-12H2,1-3H3,(H,19,21)(H,20,23). The molecule has 6 heteroatoms. The summed E-state index contributed by atoms with van der Waals surface area (Å²) in [7, 11) is 1.80. The summed E-state index contributed by atoms with van der Waals surface area (Å²) >= 11 is 3.36. The van der Waals surface area contributed by atoms with E-state index in [2.05, 4.69) is 50.3 Å². The van der Waals surface area contributed by atoms with Gasteiger partial charge in [-0.25, -0.2) is 0 Å². The number of nitrogens with zero attached hydrogens (tertiary/aromatic N) is 2. The van der Waals surface area contributed by atoms with Crippen LogP contribution in [0, 0.1) is 5.41 Å². The van der Waals surface area contributed by atoms with Crippen LogP contribution in [0.3, 0.4) is 0 Å². The van der Waals surface area contributed by atoms with Gasteiger partial charge in [0.15, 0.2) is 5.96 Å². The fourth-order valence-electron chi connectivity index (χ4n) is 2.68. The summed E-state index contributed by atoms with van der Waals surface area (Å²) in [6.07, 6.45) is 1.17. The fourth-order valence-corrected chi connectivity index (χ4v) is 2.94. The van der Waals surface area contributed by atoms with Crippen molar-refractivity contribution >= 4 is 27.8 Å². The van der Waals surface area contributed by atoms with E-state index in [-0.39, 0.29) is 5.91 Å². The second-order valence-corrected chi connectivity index (χ2v) is 7.49. The molecule has 0 radical (unpaired) electrons. The van der Waals surface area contributed by atoms with Gasteiger partial charge in [-0.15, -0.1) is 0 Å². The first-order valence-corrected chi connectivity index (χ1v) is 8.70. The SMILES string of the molecule is CN=C(NCCNC(=O)c1ccc(Br)cc1)N1CCC(C)(C)C1. The Hall–Kier alpha value is -1.56. The molecule has 1 saturated heterocycles. The summed E-state index contributed by atoms with van der Waals surface area (Å²) in [6.45, 7) is 7.81. The highest BCUT2D eigenvalue weighted by Crippen LogP contribution is 2.28. The Bertz CT molecular complexity index is 568. The number of likely N-dealkylation sites (tertiary alicyclic amines) is 1. The molecule has 0 aliphatic carbocycles. The van der Waals surface area contributed by atoms with Gasteiger partial charge in [0.05, 0.1) is 0 Å². The highest BCUT2D eigenvalue weighted by molar-refractivity contribution is 9.10. The maximum absolute atomic E-state index is 12.0. The van der Waals surface area contributed by atoms with Crippen LogP contribution in [0.2, 0.25) is 0 Å². The molecule has 1 heterocycles. The van der Waals surface area contributed by atoms with E-state index in [1.807, 2.05) is 12.1 Å². The van der Waals surface area contributed by atoms with E-state index in [0.717, 1.165) is 23.5 Å². The van der Waals surface area contributed by atoms with Gasteiger partial charge in [0.2, 0.25) is 0 Å². The molecule has 1 fully saturated rings. The predicted molar refractivity (Wildman–Crippen MR) is 97.8 cm³/mol. The molecule has 1 aromatic carbocycles. The molecule has 0 aromatic heterocycles. The largest absolute Gasteiger partial charge is 0.354 e. The Morgan fingerprint density at radius 3 is 2.48 bits per heavy atom. The molecule has 1 amide bonds. The molecule has 2 N–H and O–H groups in total. The minimum absolute atomic E-state index is 0.0587. The van der Waals surface area contributed by atoms with Crippen molar-refractivity contribution in [2.45, 2.75) is 20.3 Å². The number of hydrogen-bond acceptors (Lipinski definition) is 2. The average molecular weight is 381 g/mol. The zero-order valence-electron chi connectivity index (χ0n) is 14.0. The van der Waals surface area contributed by atoms with E-state index in [1.54, 1.807) is 19.2 Å². The van der Waals surface area contributed by atoms with Crippen LogP contribution in [0.25, 0.3) is 0 Å². The van der Waals surface area contributed by atoms with Gasteiger partial charge in [-0.1, -0.05) is 29.8 Å². The third kappa shape index (κ3) is 5.23. The maximum atomic E-state index is 12.0. The normalized spacial score (nSPS) is 17.2. The van der Waals surface area contributed by atoms with Gasteiger partial charge in [0.25, 0.3) is 5.91 Å². The van der Waals surface area contributed by atoms with Crippen molar-refractivity contribution in [1.82, 2.24) is 15.5 Å². The van der Waals surface area contributed by atoms with Crippen molar-refractivity contribution in [2.24, 2.45) is 10.4 Å². The monoisotopic (exact) mass is 380 g/mol. The van der Waals surface area contributed by atoms with Crippen LogP contribution >= 0.6 is 15.9 Å². The van der Waals surface area contributed by atoms with Crippen LogP contribution in [0.1, 0.15) is 30.6 Å². The van der Waals surface area contributed by atoms with E-state index >= 15 is 0 Å². The molecule has 0 unspecified atom stereocenters. The number of aliphatic imine (C=N–C) groups is 1. The number of carbonyl (C=O) groups excluding carboxylic acids is 1. The summed E-state index contributed by atoms with van der Waals surface area (Å²) in [4.78, 5) is 18.6.